The Morgan fingerprint density at radius 3 is 3.04 bits per heavy atom. The highest BCUT2D eigenvalue weighted by molar-refractivity contribution is 8.00. The van der Waals surface area contributed by atoms with Crippen molar-refractivity contribution in [3.8, 4) is 5.69 Å². The average molecular weight is 362 g/mol. The SMILES string of the molecule is CCCNC(=O)CSc1ncnc2c1cnn2-c1cccc(Cl)c1. The number of carbonyl (C=O) groups is 1. The van der Waals surface area contributed by atoms with E-state index in [0.29, 0.717) is 23.0 Å². The van der Waals surface area contributed by atoms with E-state index >= 15 is 0 Å². The Bertz CT molecular complexity index is 867. The predicted octanol–water partition coefficient (Wildman–Crippen LogP) is 3.09. The second-order valence-electron chi connectivity index (χ2n) is 5.09. The molecule has 0 spiro atoms. The number of hydrogen-bond acceptors (Lipinski definition) is 5. The summed E-state index contributed by atoms with van der Waals surface area (Å²) in [6.45, 7) is 2.71. The van der Waals surface area contributed by atoms with Gasteiger partial charge in [-0.1, -0.05) is 36.4 Å². The molecule has 0 aliphatic heterocycles. The summed E-state index contributed by atoms with van der Waals surface area (Å²) >= 11 is 7.43. The molecule has 1 N–H and O–H groups in total. The monoisotopic (exact) mass is 361 g/mol. The summed E-state index contributed by atoms with van der Waals surface area (Å²) in [6, 6.07) is 7.40. The molecule has 0 fully saturated rings. The van der Waals surface area contributed by atoms with Crippen LogP contribution in [0.1, 0.15) is 13.3 Å². The van der Waals surface area contributed by atoms with E-state index < -0.39 is 0 Å². The fourth-order valence-electron chi connectivity index (χ4n) is 2.18. The van der Waals surface area contributed by atoms with Gasteiger partial charge in [-0.25, -0.2) is 14.6 Å². The van der Waals surface area contributed by atoms with Crippen LogP contribution < -0.4 is 5.32 Å². The van der Waals surface area contributed by atoms with Gasteiger partial charge < -0.3 is 5.32 Å². The van der Waals surface area contributed by atoms with Gasteiger partial charge in [-0.2, -0.15) is 5.10 Å². The molecule has 2 heterocycles. The number of nitrogens with one attached hydrogen (secondary N) is 1. The fourth-order valence-corrected chi connectivity index (χ4v) is 3.16. The van der Waals surface area contributed by atoms with Crippen molar-refractivity contribution in [2.24, 2.45) is 0 Å². The number of hydrogen-bond donors (Lipinski definition) is 1. The number of benzene rings is 1. The zero-order valence-corrected chi connectivity index (χ0v) is 14.6. The molecule has 3 aromatic rings. The molecule has 0 saturated heterocycles. The minimum atomic E-state index is -0.00385. The Labute approximate surface area is 148 Å². The number of rotatable bonds is 6. The molecule has 1 amide bonds. The summed E-state index contributed by atoms with van der Waals surface area (Å²) in [5, 5.41) is 9.41. The normalized spacial score (nSPS) is 10.9. The fraction of sp³-hybridized carbons (Fsp3) is 0.250. The molecule has 24 heavy (non-hydrogen) atoms. The largest absolute Gasteiger partial charge is 0.355 e. The lowest BCUT2D eigenvalue weighted by atomic mass is 10.3. The van der Waals surface area contributed by atoms with Crippen molar-refractivity contribution in [3.05, 3.63) is 41.8 Å². The van der Waals surface area contributed by atoms with Crippen molar-refractivity contribution in [3.63, 3.8) is 0 Å². The van der Waals surface area contributed by atoms with Crippen LogP contribution in [0.4, 0.5) is 0 Å². The first-order chi connectivity index (χ1) is 11.7. The van der Waals surface area contributed by atoms with Crippen LogP contribution in [0.25, 0.3) is 16.7 Å². The van der Waals surface area contributed by atoms with E-state index in [-0.39, 0.29) is 5.91 Å². The molecule has 1 aromatic carbocycles. The van der Waals surface area contributed by atoms with E-state index in [1.54, 1.807) is 10.9 Å². The van der Waals surface area contributed by atoms with E-state index in [1.807, 2.05) is 31.2 Å². The first-order valence-corrected chi connectivity index (χ1v) is 8.89. The summed E-state index contributed by atoms with van der Waals surface area (Å²) in [6.07, 6.45) is 4.11. The molecule has 124 valence electrons. The van der Waals surface area contributed by atoms with E-state index in [9.17, 15) is 4.79 Å². The highest BCUT2D eigenvalue weighted by Gasteiger charge is 2.13. The molecule has 6 nitrogen and oxygen atoms in total. The zero-order valence-electron chi connectivity index (χ0n) is 13.1. The van der Waals surface area contributed by atoms with E-state index in [1.165, 1.54) is 18.1 Å². The Morgan fingerprint density at radius 2 is 2.25 bits per heavy atom. The number of aromatic nitrogens is 4. The summed E-state index contributed by atoms with van der Waals surface area (Å²) in [5.74, 6) is 0.310. The summed E-state index contributed by atoms with van der Waals surface area (Å²) in [5.41, 5.74) is 1.51. The Morgan fingerprint density at radius 1 is 1.38 bits per heavy atom. The van der Waals surface area contributed by atoms with Gasteiger partial charge in [0.2, 0.25) is 5.91 Å². The van der Waals surface area contributed by atoms with E-state index in [4.69, 9.17) is 11.6 Å². The molecule has 0 saturated carbocycles. The summed E-state index contributed by atoms with van der Waals surface area (Å²) in [7, 11) is 0. The summed E-state index contributed by atoms with van der Waals surface area (Å²) in [4.78, 5) is 20.4. The third-order valence-electron chi connectivity index (χ3n) is 3.29. The van der Waals surface area contributed by atoms with Crippen LogP contribution in [0.3, 0.4) is 0 Å². The van der Waals surface area contributed by atoms with Crippen LogP contribution in [-0.4, -0.2) is 38.0 Å². The molecular formula is C16H16ClN5OS. The lowest BCUT2D eigenvalue weighted by molar-refractivity contribution is -0.118. The highest BCUT2D eigenvalue weighted by atomic mass is 35.5. The van der Waals surface area contributed by atoms with Gasteiger partial charge in [0.05, 0.1) is 23.0 Å². The topological polar surface area (TPSA) is 72.7 Å². The van der Waals surface area contributed by atoms with Gasteiger partial charge in [-0.15, -0.1) is 0 Å². The molecule has 0 aliphatic carbocycles. The van der Waals surface area contributed by atoms with Crippen molar-refractivity contribution in [2.45, 2.75) is 18.4 Å². The van der Waals surface area contributed by atoms with Crippen LogP contribution in [0.5, 0.6) is 0 Å². The van der Waals surface area contributed by atoms with Crippen molar-refractivity contribution in [1.82, 2.24) is 25.1 Å². The second kappa shape index (κ2) is 7.63. The Hall–Kier alpha value is -2.12. The van der Waals surface area contributed by atoms with E-state index in [0.717, 1.165) is 22.5 Å². The lowest BCUT2D eigenvalue weighted by Gasteiger charge is -2.05. The number of nitrogens with zero attached hydrogens (tertiary/aromatic N) is 4. The Kier molecular flexibility index (Phi) is 5.32. The van der Waals surface area contributed by atoms with Crippen LogP contribution in [0.15, 0.2) is 41.8 Å². The molecule has 0 bridgehead atoms. The number of halogens is 1. The second-order valence-corrected chi connectivity index (χ2v) is 6.49. The lowest BCUT2D eigenvalue weighted by Crippen LogP contribution is -2.25. The van der Waals surface area contributed by atoms with Crippen LogP contribution >= 0.6 is 23.4 Å². The van der Waals surface area contributed by atoms with E-state index in [2.05, 4.69) is 20.4 Å². The molecule has 3 rings (SSSR count). The van der Waals surface area contributed by atoms with Gasteiger partial charge in [0, 0.05) is 11.6 Å². The quantitative estimate of drug-likeness (QED) is 0.539. The van der Waals surface area contributed by atoms with Gasteiger partial charge in [0.1, 0.15) is 11.4 Å². The van der Waals surface area contributed by atoms with Crippen molar-refractivity contribution in [1.29, 1.82) is 0 Å². The standard InChI is InChI=1S/C16H16ClN5OS/c1-2-6-18-14(23)9-24-16-13-8-21-22(15(13)19-10-20-16)12-5-3-4-11(17)7-12/h3-5,7-8,10H,2,6,9H2,1H3,(H,18,23). The van der Waals surface area contributed by atoms with Gasteiger partial charge in [-0.05, 0) is 24.6 Å². The minimum Gasteiger partial charge on any atom is -0.355 e. The van der Waals surface area contributed by atoms with Crippen molar-refractivity contribution in [2.75, 3.05) is 12.3 Å². The molecular weight excluding hydrogens is 346 g/mol. The maximum Gasteiger partial charge on any atom is 0.230 e. The third-order valence-corrected chi connectivity index (χ3v) is 4.53. The van der Waals surface area contributed by atoms with Gasteiger partial charge >= 0.3 is 0 Å². The molecule has 0 unspecified atom stereocenters. The highest BCUT2D eigenvalue weighted by Crippen LogP contribution is 2.26. The van der Waals surface area contributed by atoms with Gasteiger partial charge in [0.15, 0.2) is 5.65 Å². The maximum atomic E-state index is 11.8. The molecule has 0 atom stereocenters. The molecule has 2 aromatic heterocycles. The van der Waals surface area contributed by atoms with Crippen molar-refractivity contribution < 1.29 is 4.79 Å². The molecule has 0 radical (unpaired) electrons. The first-order valence-electron chi connectivity index (χ1n) is 7.53. The molecule has 0 aliphatic rings. The Balaban J connectivity index is 1.85. The summed E-state index contributed by atoms with van der Waals surface area (Å²) < 4.78 is 1.71. The zero-order chi connectivity index (χ0) is 16.9. The average Bonchev–Trinajstić information content (AvgIpc) is 3.02. The van der Waals surface area contributed by atoms with Gasteiger partial charge in [-0.3, -0.25) is 4.79 Å². The van der Waals surface area contributed by atoms with Crippen LogP contribution in [0, 0.1) is 0 Å². The minimum absolute atomic E-state index is 0.00385. The number of carbonyl (C=O) groups excluding carboxylic acids is 1. The number of fused-ring (bicyclic) bond motifs is 1. The molecule has 8 heteroatoms. The number of amides is 1. The van der Waals surface area contributed by atoms with Crippen LogP contribution in [-0.2, 0) is 4.79 Å². The third kappa shape index (κ3) is 3.68. The maximum absolute atomic E-state index is 11.8. The van der Waals surface area contributed by atoms with Crippen LogP contribution in [0.2, 0.25) is 5.02 Å². The predicted molar refractivity (Wildman–Crippen MR) is 95.7 cm³/mol. The van der Waals surface area contributed by atoms with Crippen molar-refractivity contribution >= 4 is 40.3 Å². The smallest absolute Gasteiger partial charge is 0.230 e. The number of thioether (sulfide) groups is 1. The first kappa shape index (κ1) is 16.7. The van der Waals surface area contributed by atoms with Gasteiger partial charge in [0.25, 0.3) is 0 Å².